The Morgan fingerprint density at radius 1 is 1.38 bits per heavy atom. The summed E-state index contributed by atoms with van der Waals surface area (Å²) < 4.78 is 1.40. The molecular formula is C10H11Cl2NO3. The van der Waals surface area contributed by atoms with Crippen LogP contribution in [0, 0.1) is 0 Å². The van der Waals surface area contributed by atoms with Gasteiger partial charge in [-0.3, -0.25) is 9.59 Å². The fourth-order valence-electron chi connectivity index (χ4n) is 1.29. The van der Waals surface area contributed by atoms with Crippen molar-refractivity contribution >= 4 is 29.2 Å². The van der Waals surface area contributed by atoms with Crippen LogP contribution in [-0.2, 0) is 11.3 Å². The van der Waals surface area contributed by atoms with Crippen LogP contribution in [0.1, 0.15) is 19.3 Å². The molecule has 0 aromatic carbocycles. The van der Waals surface area contributed by atoms with Crippen molar-refractivity contribution in [1.29, 1.82) is 0 Å². The van der Waals surface area contributed by atoms with E-state index in [1.165, 1.54) is 16.8 Å². The smallest absolute Gasteiger partial charge is 0.303 e. The molecule has 0 aliphatic rings. The third kappa shape index (κ3) is 3.87. The lowest BCUT2D eigenvalue weighted by atomic mass is 10.2. The Labute approximate surface area is 102 Å². The molecule has 88 valence electrons. The van der Waals surface area contributed by atoms with Crippen molar-refractivity contribution in [3.8, 4) is 0 Å². The molecule has 0 saturated heterocycles. The van der Waals surface area contributed by atoms with E-state index in [9.17, 15) is 9.59 Å². The number of aryl methyl sites for hydroxylation is 1. The van der Waals surface area contributed by atoms with Crippen LogP contribution >= 0.6 is 23.2 Å². The second-order valence-corrected chi connectivity index (χ2v) is 4.20. The Bertz CT molecular complexity index is 442. The predicted molar refractivity (Wildman–Crippen MR) is 62.2 cm³/mol. The summed E-state index contributed by atoms with van der Waals surface area (Å²) in [5.74, 6) is -0.837. The van der Waals surface area contributed by atoms with Gasteiger partial charge in [-0.1, -0.05) is 23.2 Å². The number of unbranched alkanes of at least 4 members (excludes halogenated alkanes) is 1. The Hall–Kier alpha value is -1.00. The number of pyridine rings is 1. The molecule has 0 aliphatic carbocycles. The first-order valence-electron chi connectivity index (χ1n) is 4.78. The minimum atomic E-state index is -0.837. The van der Waals surface area contributed by atoms with Gasteiger partial charge in [-0.25, -0.2) is 0 Å². The van der Waals surface area contributed by atoms with Gasteiger partial charge in [0.05, 0.1) is 5.02 Å². The van der Waals surface area contributed by atoms with Gasteiger partial charge in [0.15, 0.2) is 0 Å². The molecule has 16 heavy (non-hydrogen) atoms. The second-order valence-electron chi connectivity index (χ2n) is 3.36. The summed E-state index contributed by atoms with van der Waals surface area (Å²) in [6.45, 7) is 0.423. The van der Waals surface area contributed by atoms with E-state index in [1.807, 2.05) is 0 Å². The molecule has 0 saturated carbocycles. The number of rotatable bonds is 5. The van der Waals surface area contributed by atoms with Crippen molar-refractivity contribution in [2.45, 2.75) is 25.8 Å². The highest BCUT2D eigenvalue weighted by molar-refractivity contribution is 6.34. The lowest BCUT2D eigenvalue weighted by Gasteiger charge is -2.05. The number of carboxylic acids is 1. The highest BCUT2D eigenvalue weighted by Crippen LogP contribution is 2.11. The maximum atomic E-state index is 11.5. The fraction of sp³-hybridized carbons (Fsp3) is 0.400. The number of aromatic nitrogens is 1. The van der Waals surface area contributed by atoms with Gasteiger partial charge >= 0.3 is 5.97 Å². The van der Waals surface area contributed by atoms with E-state index in [-0.39, 0.29) is 17.0 Å². The molecule has 1 N–H and O–H groups in total. The lowest BCUT2D eigenvalue weighted by molar-refractivity contribution is -0.137. The molecule has 1 aromatic heterocycles. The van der Waals surface area contributed by atoms with Gasteiger partial charge in [-0.15, -0.1) is 0 Å². The van der Waals surface area contributed by atoms with Gasteiger partial charge in [-0.05, 0) is 18.9 Å². The van der Waals surface area contributed by atoms with E-state index in [4.69, 9.17) is 28.3 Å². The molecule has 0 radical (unpaired) electrons. The zero-order valence-electron chi connectivity index (χ0n) is 8.45. The molecule has 1 rings (SSSR count). The fourth-order valence-corrected chi connectivity index (χ4v) is 1.80. The number of aliphatic carboxylic acids is 1. The zero-order valence-corrected chi connectivity index (χ0v) is 9.96. The summed E-state index contributed by atoms with van der Waals surface area (Å²) in [5.41, 5.74) is -0.304. The number of carbonyl (C=O) groups is 1. The molecule has 0 atom stereocenters. The van der Waals surface area contributed by atoms with Gasteiger partial charge in [0.2, 0.25) is 0 Å². The van der Waals surface area contributed by atoms with E-state index in [0.717, 1.165) is 0 Å². The average Bonchev–Trinajstić information content (AvgIpc) is 2.19. The van der Waals surface area contributed by atoms with E-state index in [0.29, 0.717) is 24.4 Å². The molecule has 0 amide bonds. The molecule has 0 fully saturated rings. The SMILES string of the molecule is O=C(O)CCCCn1cc(Cl)cc(Cl)c1=O. The van der Waals surface area contributed by atoms with Crippen LogP contribution in [0.4, 0.5) is 0 Å². The van der Waals surface area contributed by atoms with E-state index in [2.05, 4.69) is 0 Å². The largest absolute Gasteiger partial charge is 0.481 e. The van der Waals surface area contributed by atoms with Crippen LogP contribution in [0.5, 0.6) is 0 Å². The number of hydrogen-bond donors (Lipinski definition) is 1. The van der Waals surface area contributed by atoms with Crippen molar-refractivity contribution in [2.75, 3.05) is 0 Å². The van der Waals surface area contributed by atoms with Gasteiger partial charge in [0, 0.05) is 19.2 Å². The Morgan fingerprint density at radius 3 is 2.69 bits per heavy atom. The van der Waals surface area contributed by atoms with Crippen LogP contribution in [0.2, 0.25) is 10.0 Å². The molecule has 0 bridgehead atoms. The van der Waals surface area contributed by atoms with Gasteiger partial charge in [0.1, 0.15) is 5.02 Å². The molecule has 1 heterocycles. The van der Waals surface area contributed by atoms with Crippen LogP contribution in [0.15, 0.2) is 17.1 Å². The molecular weight excluding hydrogens is 253 g/mol. The van der Waals surface area contributed by atoms with E-state index >= 15 is 0 Å². The molecule has 0 aliphatic heterocycles. The first kappa shape index (κ1) is 13.1. The predicted octanol–water partition coefficient (Wildman–Crippen LogP) is 2.41. The Morgan fingerprint density at radius 2 is 2.06 bits per heavy atom. The van der Waals surface area contributed by atoms with Crippen LogP contribution < -0.4 is 5.56 Å². The summed E-state index contributed by atoms with van der Waals surface area (Å²) >= 11 is 11.4. The summed E-state index contributed by atoms with van der Waals surface area (Å²) in [4.78, 5) is 21.8. The number of nitrogens with zero attached hydrogens (tertiary/aromatic N) is 1. The van der Waals surface area contributed by atoms with Crippen LogP contribution in [0.25, 0.3) is 0 Å². The maximum absolute atomic E-state index is 11.5. The number of carboxylic acid groups (broad SMARTS) is 1. The molecule has 4 nitrogen and oxygen atoms in total. The lowest BCUT2D eigenvalue weighted by Crippen LogP contribution is -2.19. The van der Waals surface area contributed by atoms with Crippen molar-refractivity contribution in [3.05, 3.63) is 32.7 Å². The molecule has 0 unspecified atom stereocenters. The van der Waals surface area contributed by atoms with Crippen molar-refractivity contribution in [2.24, 2.45) is 0 Å². The monoisotopic (exact) mass is 263 g/mol. The summed E-state index contributed by atoms with van der Waals surface area (Å²) in [6, 6.07) is 1.39. The van der Waals surface area contributed by atoms with Crippen molar-refractivity contribution in [1.82, 2.24) is 4.57 Å². The third-order valence-electron chi connectivity index (χ3n) is 2.05. The summed E-state index contributed by atoms with van der Waals surface area (Å²) in [6.07, 6.45) is 2.72. The standard InChI is InChI=1S/C10H11Cl2NO3/c11-7-5-8(12)10(16)13(6-7)4-2-1-3-9(14)15/h5-6H,1-4H2,(H,14,15). The summed E-state index contributed by atoms with van der Waals surface area (Å²) in [5, 5.41) is 8.91. The van der Waals surface area contributed by atoms with E-state index in [1.54, 1.807) is 0 Å². The first-order valence-corrected chi connectivity index (χ1v) is 5.53. The average molecular weight is 264 g/mol. The molecule has 6 heteroatoms. The van der Waals surface area contributed by atoms with Crippen molar-refractivity contribution < 1.29 is 9.90 Å². The van der Waals surface area contributed by atoms with Crippen molar-refractivity contribution in [3.63, 3.8) is 0 Å². The van der Waals surface area contributed by atoms with E-state index < -0.39 is 5.97 Å². The third-order valence-corrected chi connectivity index (χ3v) is 2.53. The van der Waals surface area contributed by atoms with Gasteiger partial charge in [0.25, 0.3) is 5.56 Å². The number of halogens is 2. The minimum Gasteiger partial charge on any atom is -0.481 e. The molecule has 1 aromatic rings. The second kappa shape index (κ2) is 5.92. The Balaban J connectivity index is 2.60. The Kier molecular flexibility index (Phi) is 4.83. The minimum absolute atomic E-state index is 0.0748. The van der Waals surface area contributed by atoms with Gasteiger partial charge < -0.3 is 9.67 Å². The van der Waals surface area contributed by atoms with Crippen LogP contribution in [-0.4, -0.2) is 15.6 Å². The highest BCUT2D eigenvalue weighted by Gasteiger charge is 2.04. The first-order chi connectivity index (χ1) is 7.50. The quantitative estimate of drug-likeness (QED) is 0.831. The highest BCUT2D eigenvalue weighted by atomic mass is 35.5. The summed E-state index contributed by atoms with van der Waals surface area (Å²) in [7, 11) is 0. The topological polar surface area (TPSA) is 59.3 Å². The maximum Gasteiger partial charge on any atom is 0.303 e. The normalized spacial score (nSPS) is 10.4. The van der Waals surface area contributed by atoms with Gasteiger partial charge in [-0.2, -0.15) is 0 Å². The molecule has 0 spiro atoms. The zero-order chi connectivity index (χ0) is 12.1. The van der Waals surface area contributed by atoms with Crippen LogP contribution in [0.3, 0.4) is 0 Å². The number of hydrogen-bond acceptors (Lipinski definition) is 2.